The third-order valence-electron chi connectivity index (χ3n) is 4.25. The van der Waals surface area contributed by atoms with E-state index in [-0.39, 0.29) is 5.92 Å². The molecule has 0 bridgehead atoms. The molecule has 0 N–H and O–H groups in total. The number of nitrogens with zero attached hydrogens (tertiary/aromatic N) is 1. The Kier molecular flexibility index (Phi) is 4.28. The number of hydrogen-bond acceptors (Lipinski definition) is 2. The minimum Gasteiger partial charge on any atom is -0.371 e. The van der Waals surface area contributed by atoms with E-state index in [9.17, 15) is 4.79 Å². The van der Waals surface area contributed by atoms with Crippen LogP contribution in [0.4, 0.5) is 5.69 Å². The van der Waals surface area contributed by atoms with Crippen molar-refractivity contribution in [2.24, 2.45) is 11.3 Å². The Morgan fingerprint density at radius 1 is 1.26 bits per heavy atom. The van der Waals surface area contributed by atoms with E-state index in [1.807, 2.05) is 6.07 Å². The Bertz CT molecular complexity index is 424. The lowest BCUT2D eigenvalue weighted by atomic mass is 9.71. The van der Waals surface area contributed by atoms with Crippen LogP contribution in [0.3, 0.4) is 0 Å². The van der Waals surface area contributed by atoms with Gasteiger partial charge in [0.1, 0.15) is 5.78 Å². The van der Waals surface area contributed by atoms with Crippen LogP contribution >= 0.6 is 0 Å². The van der Waals surface area contributed by atoms with Gasteiger partial charge in [0.2, 0.25) is 0 Å². The molecule has 2 rings (SSSR count). The van der Waals surface area contributed by atoms with E-state index in [2.05, 4.69) is 49.9 Å². The third-order valence-corrected chi connectivity index (χ3v) is 4.25. The standard InChI is InChI=1S/C17H25NO/c1-4-18(15-8-6-5-7-9-15)13-14-12-17(2,3)11-10-16(14)19/h5-9,14H,4,10-13H2,1-3H3. The van der Waals surface area contributed by atoms with Crippen LogP contribution in [-0.2, 0) is 4.79 Å². The molecule has 0 aromatic heterocycles. The summed E-state index contributed by atoms with van der Waals surface area (Å²) in [7, 11) is 0. The molecular weight excluding hydrogens is 234 g/mol. The molecule has 1 unspecified atom stereocenters. The fourth-order valence-electron chi connectivity index (χ4n) is 3.04. The van der Waals surface area contributed by atoms with Gasteiger partial charge in [-0.25, -0.2) is 0 Å². The maximum absolute atomic E-state index is 12.1. The SMILES string of the molecule is CCN(CC1CC(C)(C)CCC1=O)c1ccccc1. The van der Waals surface area contributed by atoms with E-state index < -0.39 is 0 Å². The number of rotatable bonds is 4. The van der Waals surface area contributed by atoms with Crippen LogP contribution in [0, 0.1) is 11.3 Å². The van der Waals surface area contributed by atoms with Gasteiger partial charge in [0.05, 0.1) is 0 Å². The molecule has 104 valence electrons. The van der Waals surface area contributed by atoms with E-state index in [0.717, 1.165) is 32.4 Å². The van der Waals surface area contributed by atoms with Crippen molar-refractivity contribution in [2.75, 3.05) is 18.0 Å². The molecule has 0 heterocycles. The largest absolute Gasteiger partial charge is 0.371 e. The van der Waals surface area contributed by atoms with Crippen molar-refractivity contribution in [2.45, 2.75) is 40.0 Å². The van der Waals surface area contributed by atoms with Gasteiger partial charge >= 0.3 is 0 Å². The van der Waals surface area contributed by atoms with Crippen molar-refractivity contribution in [1.82, 2.24) is 0 Å². The zero-order valence-corrected chi connectivity index (χ0v) is 12.4. The van der Waals surface area contributed by atoms with Crippen molar-refractivity contribution < 1.29 is 4.79 Å². The highest BCUT2D eigenvalue weighted by Crippen LogP contribution is 2.37. The highest BCUT2D eigenvalue weighted by molar-refractivity contribution is 5.82. The fraction of sp³-hybridized carbons (Fsp3) is 0.588. The average molecular weight is 259 g/mol. The lowest BCUT2D eigenvalue weighted by Crippen LogP contribution is -2.39. The van der Waals surface area contributed by atoms with Crippen molar-refractivity contribution >= 4 is 11.5 Å². The Hall–Kier alpha value is -1.31. The van der Waals surface area contributed by atoms with Crippen LogP contribution in [0.5, 0.6) is 0 Å². The first-order valence-corrected chi connectivity index (χ1v) is 7.34. The Morgan fingerprint density at radius 3 is 2.58 bits per heavy atom. The summed E-state index contributed by atoms with van der Waals surface area (Å²) in [6, 6.07) is 10.4. The van der Waals surface area contributed by atoms with Crippen molar-refractivity contribution in [1.29, 1.82) is 0 Å². The zero-order valence-electron chi connectivity index (χ0n) is 12.4. The number of carbonyl (C=O) groups excluding carboxylic acids is 1. The summed E-state index contributed by atoms with van der Waals surface area (Å²) >= 11 is 0. The molecule has 2 heteroatoms. The first-order chi connectivity index (χ1) is 9.02. The van der Waals surface area contributed by atoms with Crippen LogP contribution in [0.15, 0.2) is 30.3 Å². The number of benzene rings is 1. The second-order valence-corrected chi connectivity index (χ2v) is 6.41. The van der Waals surface area contributed by atoms with Crippen molar-refractivity contribution in [3.63, 3.8) is 0 Å². The smallest absolute Gasteiger partial charge is 0.137 e. The zero-order chi connectivity index (χ0) is 13.9. The van der Waals surface area contributed by atoms with Crippen LogP contribution in [0.1, 0.15) is 40.0 Å². The second-order valence-electron chi connectivity index (χ2n) is 6.41. The monoisotopic (exact) mass is 259 g/mol. The van der Waals surface area contributed by atoms with Gasteiger partial charge in [-0.15, -0.1) is 0 Å². The average Bonchev–Trinajstić information content (AvgIpc) is 2.40. The lowest BCUT2D eigenvalue weighted by Gasteiger charge is -2.37. The van der Waals surface area contributed by atoms with Gasteiger partial charge in [-0.1, -0.05) is 32.0 Å². The normalized spacial score (nSPS) is 22.3. The lowest BCUT2D eigenvalue weighted by molar-refractivity contribution is -0.126. The van der Waals surface area contributed by atoms with Crippen LogP contribution < -0.4 is 4.90 Å². The molecule has 1 aliphatic rings. The molecule has 0 saturated heterocycles. The van der Waals surface area contributed by atoms with Gasteiger partial charge in [0, 0.05) is 31.1 Å². The van der Waals surface area contributed by atoms with Gasteiger partial charge in [-0.2, -0.15) is 0 Å². The summed E-state index contributed by atoms with van der Waals surface area (Å²) in [6.45, 7) is 8.54. The van der Waals surface area contributed by atoms with E-state index in [0.29, 0.717) is 11.2 Å². The van der Waals surface area contributed by atoms with E-state index in [1.54, 1.807) is 0 Å². The molecular formula is C17H25NO. The Labute approximate surface area is 116 Å². The quantitative estimate of drug-likeness (QED) is 0.817. The van der Waals surface area contributed by atoms with Crippen LogP contribution in [0.25, 0.3) is 0 Å². The molecule has 1 fully saturated rings. The van der Waals surface area contributed by atoms with E-state index in [1.165, 1.54) is 5.69 Å². The third kappa shape index (κ3) is 3.59. The topological polar surface area (TPSA) is 20.3 Å². The Balaban J connectivity index is 2.07. The molecule has 1 saturated carbocycles. The van der Waals surface area contributed by atoms with Crippen LogP contribution in [0.2, 0.25) is 0 Å². The number of Topliss-reactive ketones (excluding diaryl/α,β-unsaturated/α-hetero) is 1. The Morgan fingerprint density at radius 2 is 1.95 bits per heavy atom. The molecule has 1 aromatic carbocycles. The van der Waals surface area contributed by atoms with Gasteiger partial charge < -0.3 is 4.90 Å². The van der Waals surface area contributed by atoms with Crippen LogP contribution in [-0.4, -0.2) is 18.9 Å². The summed E-state index contributed by atoms with van der Waals surface area (Å²) in [6.07, 6.45) is 2.82. The molecule has 1 aliphatic carbocycles. The number of para-hydroxylation sites is 1. The molecule has 1 atom stereocenters. The van der Waals surface area contributed by atoms with Gasteiger partial charge in [0.25, 0.3) is 0 Å². The summed E-state index contributed by atoms with van der Waals surface area (Å²) in [4.78, 5) is 14.5. The number of carbonyl (C=O) groups is 1. The minimum absolute atomic E-state index is 0.198. The fourth-order valence-corrected chi connectivity index (χ4v) is 3.04. The number of hydrogen-bond donors (Lipinski definition) is 0. The molecule has 2 nitrogen and oxygen atoms in total. The summed E-state index contributed by atoms with van der Waals surface area (Å²) in [5.74, 6) is 0.651. The molecule has 1 aromatic rings. The molecule has 0 aliphatic heterocycles. The highest BCUT2D eigenvalue weighted by atomic mass is 16.1. The van der Waals surface area contributed by atoms with E-state index >= 15 is 0 Å². The predicted molar refractivity (Wildman–Crippen MR) is 80.5 cm³/mol. The maximum atomic E-state index is 12.1. The first kappa shape index (κ1) is 14.1. The summed E-state index contributed by atoms with van der Waals surface area (Å²) in [5, 5.41) is 0. The highest BCUT2D eigenvalue weighted by Gasteiger charge is 2.34. The van der Waals surface area contributed by atoms with Crippen molar-refractivity contribution in [3.05, 3.63) is 30.3 Å². The number of anilines is 1. The minimum atomic E-state index is 0.198. The van der Waals surface area contributed by atoms with Gasteiger partial charge in [0.15, 0.2) is 0 Å². The molecule has 19 heavy (non-hydrogen) atoms. The first-order valence-electron chi connectivity index (χ1n) is 7.34. The van der Waals surface area contributed by atoms with E-state index in [4.69, 9.17) is 0 Å². The second kappa shape index (κ2) is 5.77. The summed E-state index contributed by atoms with van der Waals surface area (Å²) < 4.78 is 0. The van der Waals surface area contributed by atoms with Gasteiger partial charge in [-0.3, -0.25) is 4.79 Å². The molecule has 0 spiro atoms. The van der Waals surface area contributed by atoms with Gasteiger partial charge in [-0.05, 0) is 37.3 Å². The maximum Gasteiger partial charge on any atom is 0.137 e. The molecule has 0 amide bonds. The molecule has 0 radical (unpaired) electrons. The summed E-state index contributed by atoms with van der Waals surface area (Å²) in [5.41, 5.74) is 1.54. The predicted octanol–water partition coefficient (Wildman–Crippen LogP) is 3.91. The number of ketones is 1. The van der Waals surface area contributed by atoms with Crippen molar-refractivity contribution in [3.8, 4) is 0 Å².